The van der Waals surface area contributed by atoms with Crippen molar-refractivity contribution in [3.05, 3.63) is 46.8 Å². The van der Waals surface area contributed by atoms with Crippen molar-refractivity contribution in [2.45, 2.75) is 39.2 Å². The van der Waals surface area contributed by atoms with E-state index < -0.39 is 5.60 Å². The predicted molar refractivity (Wildman–Crippen MR) is 94.6 cm³/mol. The molecule has 1 fully saturated rings. The van der Waals surface area contributed by atoms with Gasteiger partial charge in [0.05, 0.1) is 18.7 Å². The number of aryl methyl sites for hydroxylation is 3. The molecule has 0 radical (unpaired) electrons. The Morgan fingerprint density at radius 1 is 1.40 bits per heavy atom. The van der Waals surface area contributed by atoms with Crippen molar-refractivity contribution in [1.29, 1.82) is 0 Å². The predicted octanol–water partition coefficient (Wildman–Crippen LogP) is 1.92. The molecule has 0 aliphatic carbocycles. The first-order chi connectivity index (χ1) is 11.9. The molecular weight excluding hydrogens is 318 g/mol. The Morgan fingerprint density at radius 3 is 2.88 bits per heavy atom. The fourth-order valence-electron chi connectivity index (χ4n) is 3.21. The maximum atomic E-state index is 12.6. The number of nitrogens with one attached hydrogen (secondary N) is 1. The number of aromatic amines is 1. The van der Waals surface area contributed by atoms with E-state index in [0.717, 1.165) is 28.3 Å². The molecule has 1 aliphatic rings. The van der Waals surface area contributed by atoms with E-state index >= 15 is 0 Å². The summed E-state index contributed by atoms with van der Waals surface area (Å²) in [5, 5.41) is 17.8. The highest BCUT2D eigenvalue weighted by atomic mass is 16.5. The zero-order valence-electron chi connectivity index (χ0n) is 15.0. The Kier molecular flexibility index (Phi) is 4.81. The van der Waals surface area contributed by atoms with Gasteiger partial charge in [-0.25, -0.2) is 0 Å². The molecule has 1 atom stereocenters. The van der Waals surface area contributed by atoms with Crippen LogP contribution in [0.3, 0.4) is 0 Å². The maximum Gasteiger partial charge on any atom is 0.227 e. The van der Waals surface area contributed by atoms with Crippen molar-refractivity contribution < 1.29 is 14.6 Å². The Labute approximate surface area is 147 Å². The highest BCUT2D eigenvalue weighted by Crippen LogP contribution is 2.24. The van der Waals surface area contributed by atoms with Crippen LogP contribution in [0, 0.1) is 20.8 Å². The van der Waals surface area contributed by atoms with Gasteiger partial charge in [0, 0.05) is 17.8 Å². The van der Waals surface area contributed by atoms with Crippen molar-refractivity contribution in [2.24, 2.45) is 0 Å². The van der Waals surface area contributed by atoms with Crippen LogP contribution in [0.5, 0.6) is 5.75 Å². The number of likely N-dealkylation sites (tertiary alicyclic amines) is 1. The van der Waals surface area contributed by atoms with Gasteiger partial charge in [-0.05, 0) is 44.9 Å². The van der Waals surface area contributed by atoms with Crippen LogP contribution in [0.15, 0.2) is 24.3 Å². The van der Waals surface area contributed by atoms with Crippen LogP contribution in [0.2, 0.25) is 0 Å². The molecule has 2 N–H and O–H groups in total. The van der Waals surface area contributed by atoms with E-state index in [-0.39, 0.29) is 12.5 Å². The quantitative estimate of drug-likeness (QED) is 0.869. The zero-order valence-corrected chi connectivity index (χ0v) is 15.0. The third-order valence-corrected chi connectivity index (χ3v) is 4.79. The van der Waals surface area contributed by atoms with Gasteiger partial charge in [-0.1, -0.05) is 12.1 Å². The lowest BCUT2D eigenvalue weighted by Gasteiger charge is -2.23. The molecule has 6 heteroatoms. The largest absolute Gasteiger partial charge is 0.491 e. The Bertz CT molecular complexity index is 752. The molecule has 2 heterocycles. The summed E-state index contributed by atoms with van der Waals surface area (Å²) >= 11 is 0. The van der Waals surface area contributed by atoms with Gasteiger partial charge in [0.15, 0.2) is 0 Å². The molecule has 0 bridgehead atoms. The van der Waals surface area contributed by atoms with Gasteiger partial charge in [-0.3, -0.25) is 9.89 Å². The van der Waals surface area contributed by atoms with E-state index in [0.29, 0.717) is 25.9 Å². The number of benzene rings is 1. The molecule has 134 valence electrons. The third-order valence-electron chi connectivity index (χ3n) is 4.79. The topological polar surface area (TPSA) is 78.5 Å². The van der Waals surface area contributed by atoms with Crippen LogP contribution in [0.4, 0.5) is 0 Å². The lowest BCUT2D eigenvalue weighted by Crippen LogP contribution is -2.41. The summed E-state index contributed by atoms with van der Waals surface area (Å²) in [6.07, 6.45) is 0.830. The smallest absolute Gasteiger partial charge is 0.227 e. The standard InChI is InChI=1S/C19H25N3O3/c1-13-5-4-6-16(9-13)25-12-19(24)7-8-22(11-19)18(23)10-17-14(2)20-21-15(17)3/h4-6,9,24H,7-8,10-12H2,1-3H3,(H,20,21)/t19-/m0/s1. The summed E-state index contributed by atoms with van der Waals surface area (Å²) in [7, 11) is 0. The molecule has 0 unspecified atom stereocenters. The molecule has 25 heavy (non-hydrogen) atoms. The second kappa shape index (κ2) is 6.88. The van der Waals surface area contributed by atoms with Gasteiger partial charge in [-0.15, -0.1) is 0 Å². The van der Waals surface area contributed by atoms with Gasteiger partial charge in [0.2, 0.25) is 5.91 Å². The number of β-amino-alcohol motifs (C(OH)–C–C–N with tert-alkyl or cyclic N) is 1. The van der Waals surface area contributed by atoms with E-state index in [9.17, 15) is 9.90 Å². The molecule has 2 aromatic rings. The number of ether oxygens (including phenoxy) is 1. The number of carbonyl (C=O) groups excluding carboxylic acids is 1. The Hall–Kier alpha value is -2.34. The summed E-state index contributed by atoms with van der Waals surface area (Å²) in [4.78, 5) is 14.3. The first-order valence-corrected chi connectivity index (χ1v) is 8.56. The average Bonchev–Trinajstić information content (AvgIpc) is 3.11. The molecule has 1 saturated heterocycles. The van der Waals surface area contributed by atoms with Crippen molar-refractivity contribution in [3.8, 4) is 5.75 Å². The minimum absolute atomic E-state index is 0.0130. The van der Waals surface area contributed by atoms with Crippen molar-refractivity contribution in [3.63, 3.8) is 0 Å². The number of hydrogen-bond donors (Lipinski definition) is 2. The lowest BCUT2D eigenvalue weighted by molar-refractivity contribution is -0.130. The van der Waals surface area contributed by atoms with Crippen LogP contribution in [0.1, 0.15) is 28.9 Å². The number of H-pyrrole nitrogens is 1. The first-order valence-electron chi connectivity index (χ1n) is 8.56. The van der Waals surface area contributed by atoms with Crippen LogP contribution < -0.4 is 4.74 Å². The van der Waals surface area contributed by atoms with E-state index in [1.54, 1.807) is 4.90 Å². The van der Waals surface area contributed by atoms with E-state index in [2.05, 4.69) is 10.2 Å². The van der Waals surface area contributed by atoms with Gasteiger partial charge in [-0.2, -0.15) is 5.10 Å². The Morgan fingerprint density at radius 2 is 2.20 bits per heavy atom. The maximum absolute atomic E-state index is 12.6. The van der Waals surface area contributed by atoms with Crippen LogP contribution in [-0.2, 0) is 11.2 Å². The van der Waals surface area contributed by atoms with Gasteiger partial charge < -0.3 is 14.7 Å². The molecule has 0 saturated carbocycles. The molecule has 1 aromatic heterocycles. The lowest BCUT2D eigenvalue weighted by atomic mass is 10.1. The summed E-state index contributed by atoms with van der Waals surface area (Å²) in [6, 6.07) is 7.73. The SMILES string of the molecule is Cc1cccc(OC[C@]2(O)CCN(C(=O)Cc3c(C)n[nH]c3C)C2)c1. The fourth-order valence-corrected chi connectivity index (χ4v) is 3.21. The molecule has 6 nitrogen and oxygen atoms in total. The van der Waals surface area contributed by atoms with E-state index in [4.69, 9.17) is 4.74 Å². The number of aliphatic hydroxyl groups is 1. The minimum atomic E-state index is -1.00. The van der Waals surface area contributed by atoms with Crippen LogP contribution >= 0.6 is 0 Å². The monoisotopic (exact) mass is 343 g/mol. The molecular formula is C19H25N3O3. The highest BCUT2D eigenvalue weighted by Gasteiger charge is 2.39. The molecule has 3 rings (SSSR count). The van der Waals surface area contributed by atoms with Crippen molar-refractivity contribution >= 4 is 5.91 Å². The number of hydrogen-bond acceptors (Lipinski definition) is 4. The Balaban J connectivity index is 1.57. The van der Waals surface area contributed by atoms with E-state index in [1.807, 2.05) is 45.0 Å². The molecule has 1 aliphatic heterocycles. The number of carbonyl (C=O) groups is 1. The van der Waals surface area contributed by atoms with Crippen LogP contribution in [0.25, 0.3) is 0 Å². The normalized spacial score (nSPS) is 20.1. The number of nitrogens with zero attached hydrogens (tertiary/aromatic N) is 2. The van der Waals surface area contributed by atoms with E-state index in [1.165, 1.54) is 0 Å². The zero-order chi connectivity index (χ0) is 18.0. The molecule has 0 spiro atoms. The minimum Gasteiger partial charge on any atom is -0.491 e. The molecule has 1 aromatic carbocycles. The summed E-state index contributed by atoms with van der Waals surface area (Å²) < 4.78 is 5.74. The third kappa shape index (κ3) is 4.02. The van der Waals surface area contributed by atoms with Crippen LogP contribution in [-0.4, -0.2) is 51.4 Å². The number of aromatic nitrogens is 2. The number of amides is 1. The summed E-state index contributed by atoms with van der Waals surface area (Å²) in [5.41, 5.74) is 2.82. The highest BCUT2D eigenvalue weighted by molar-refractivity contribution is 5.79. The second-order valence-electron chi connectivity index (χ2n) is 6.98. The second-order valence-corrected chi connectivity index (χ2v) is 6.98. The number of rotatable bonds is 5. The summed E-state index contributed by atoms with van der Waals surface area (Å²) in [6.45, 7) is 6.83. The fraction of sp³-hybridized carbons (Fsp3) is 0.474. The van der Waals surface area contributed by atoms with Crippen molar-refractivity contribution in [2.75, 3.05) is 19.7 Å². The molecule has 1 amide bonds. The average molecular weight is 343 g/mol. The first kappa shape index (κ1) is 17.5. The van der Waals surface area contributed by atoms with Crippen molar-refractivity contribution in [1.82, 2.24) is 15.1 Å². The van der Waals surface area contributed by atoms with Gasteiger partial charge in [0.1, 0.15) is 18.0 Å². The van der Waals surface area contributed by atoms with Gasteiger partial charge >= 0.3 is 0 Å². The van der Waals surface area contributed by atoms with Gasteiger partial charge in [0.25, 0.3) is 0 Å². The summed E-state index contributed by atoms with van der Waals surface area (Å²) in [5.74, 6) is 0.752.